The van der Waals surface area contributed by atoms with Crippen LogP contribution in [0.4, 0.5) is 17.1 Å². The Morgan fingerprint density at radius 3 is 1.59 bits per heavy atom. The number of rotatable bonds is 2. The highest BCUT2D eigenvalue weighted by molar-refractivity contribution is 8.25. The molecule has 1 spiro atoms. The lowest BCUT2D eigenvalue weighted by atomic mass is 9.64. The van der Waals surface area contributed by atoms with E-state index in [2.05, 4.69) is 190 Å². The summed E-state index contributed by atoms with van der Waals surface area (Å²) < 4.78 is 0. The molecule has 0 N–H and O–H groups in total. The van der Waals surface area contributed by atoms with Gasteiger partial charge in [0.05, 0.1) is 16.8 Å². The van der Waals surface area contributed by atoms with E-state index in [4.69, 9.17) is 11.8 Å². The van der Waals surface area contributed by atoms with Crippen LogP contribution in [0.25, 0.3) is 11.1 Å². The number of nitrogens with zero attached hydrogens (tertiary/aromatic N) is 1. The van der Waals surface area contributed by atoms with Crippen LogP contribution in [-0.4, -0.2) is 0 Å². The zero-order valence-corrected chi connectivity index (χ0v) is 31.0. The molecule has 1 unspecified atom stereocenters. The topological polar surface area (TPSA) is 3.24 Å². The number of fused-ring (bicyclic) bond motifs is 11. The molecular formula is C48H38NPS. The van der Waals surface area contributed by atoms with Crippen molar-refractivity contribution in [1.82, 2.24) is 0 Å². The summed E-state index contributed by atoms with van der Waals surface area (Å²) in [5.41, 5.74) is 16.1. The molecule has 1 atom stereocenters. The van der Waals surface area contributed by atoms with Gasteiger partial charge >= 0.3 is 0 Å². The first-order chi connectivity index (χ1) is 24.8. The highest BCUT2D eigenvalue weighted by Gasteiger charge is 2.52. The van der Waals surface area contributed by atoms with E-state index >= 15 is 0 Å². The second-order valence-corrected chi connectivity index (χ2v) is 19.3. The van der Waals surface area contributed by atoms with E-state index in [-0.39, 0.29) is 5.41 Å². The number of hydrogen-bond donors (Lipinski definition) is 0. The van der Waals surface area contributed by atoms with Crippen LogP contribution in [-0.2, 0) is 22.6 Å². The standard InChI is InChI=1S/C48H38NPS/c1-31-22-25-43-40(28-31)48(37-18-10-8-16-35(37)36-17-9-11-19-38(36)48)41-29-32(2)23-26-44(41)49(43)33-24-27-46-42(30-33)47(3,4)39-20-12-13-21-45(39)50(46,51)34-14-6-5-7-15-34/h5-30H,1-4H3. The summed E-state index contributed by atoms with van der Waals surface area (Å²) >= 11 is 6.93. The molecule has 2 heterocycles. The average molecular weight is 692 g/mol. The summed E-state index contributed by atoms with van der Waals surface area (Å²) in [6, 6.07) is 57.0. The maximum Gasteiger partial charge on any atom is 0.0754 e. The van der Waals surface area contributed by atoms with Gasteiger partial charge in [-0.2, -0.15) is 0 Å². The fourth-order valence-corrected chi connectivity index (χ4v) is 14.3. The number of anilines is 3. The molecule has 3 heteroatoms. The van der Waals surface area contributed by atoms with Crippen molar-refractivity contribution in [2.75, 3.05) is 4.90 Å². The Morgan fingerprint density at radius 2 is 0.980 bits per heavy atom. The summed E-state index contributed by atoms with van der Waals surface area (Å²) in [7, 11) is 0. The molecule has 1 aliphatic carbocycles. The van der Waals surface area contributed by atoms with Gasteiger partial charge < -0.3 is 4.90 Å². The smallest absolute Gasteiger partial charge is 0.0754 e. The molecular weight excluding hydrogens is 654 g/mol. The Kier molecular flexibility index (Phi) is 6.49. The third kappa shape index (κ3) is 3.96. The maximum atomic E-state index is 6.93. The van der Waals surface area contributed by atoms with E-state index in [1.807, 2.05) is 0 Å². The molecule has 0 saturated heterocycles. The van der Waals surface area contributed by atoms with E-state index < -0.39 is 11.5 Å². The SMILES string of the molecule is Cc1ccc2c(c1)C1(c3ccccc3-c3ccccc31)c1cc(C)ccc1N2c1ccc2c(c1)C(C)(C)c1ccccc1P2(=S)c1ccccc1. The maximum absolute atomic E-state index is 6.93. The monoisotopic (exact) mass is 691 g/mol. The van der Waals surface area contributed by atoms with Crippen LogP contribution in [0.3, 0.4) is 0 Å². The Balaban J connectivity index is 1.28. The van der Waals surface area contributed by atoms with Crippen LogP contribution >= 0.6 is 6.04 Å². The van der Waals surface area contributed by atoms with Crippen molar-refractivity contribution in [2.24, 2.45) is 0 Å². The highest BCUT2D eigenvalue weighted by atomic mass is 32.4. The van der Waals surface area contributed by atoms with Crippen molar-refractivity contribution >= 4 is 50.8 Å². The summed E-state index contributed by atoms with van der Waals surface area (Å²) in [5.74, 6) is 0. The van der Waals surface area contributed by atoms with Crippen molar-refractivity contribution in [1.29, 1.82) is 0 Å². The molecule has 51 heavy (non-hydrogen) atoms. The van der Waals surface area contributed by atoms with Gasteiger partial charge in [-0.05, 0) is 98.5 Å². The summed E-state index contributed by atoms with van der Waals surface area (Å²) in [4.78, 5) is 2.53. The van der Waals surface area contributed by atoms with E-state index in [0.29, 0.717) is 0 Å². The zero-order valence-electron chi connectivity index (χ0n) is 29.3. The number of aryl methyl sites for hydroxylation is 2. The molecule has 10 rings (SSSR count). The van der Waals surface area contributed by atoms with Gasteiger partial charge in [-0.1, -0.05) is 170 Å². The highest BCUT2D eigenvalue weighted by Crippen LogP contribution is 2.64. The first-order valence-corrected chi connectivity index (χ1v) is 20.7. The first-order valence-electron chi connectivity index (χ1n) is 17.9. The molecule has 3 aliphatic rings. The van der Waals surface area contributed by atoms with Gasteiger partial charge in [-0.3, -0.25) is 0 Å². The van der Waals surface area contributed by atoms with Crippen molar-refractivity contribution in [3.05, 3.63) is 202 Å². The molecule has 7 aromatic carbocycles. The van der Waals surface area contributed by atoms with Crippen molar-refractivity contribution in [2.45, 2.75) is 38.5 Å². The second kappa shape index (κ2) is 10.8. The van der Waals surface area contributed by atoms with E-state index in [0.717, 1.165) is 0 Å². The number of hydrogen-bond acceptors (Lipinski definition) is 2. The Bertz CT molecular complexity index is 2530. The molecule has 2 aliphatic heterocycles. The summed E-state index contributed by atoms with van der Waals surface area (Å²) in [6.45, 7) is 9.22. The van der Waals surface area contributed by atoms with Gasteiger partial charge in [0.25, 0.3) is 0 Å². The van der Waals surface area contributed by atoms with Crippen LogP contribution in [0.1, 0.15) is 58.4 Å². The van der Waals surface area contributed by atoms with Crippen LogP contribution in [0.5, 0.6) is 0 Å². The predicted octanol–water partition coefficient (Wildman–Crippen LogP) is 10.8. The first kappa shape index (κ1) is 30.8. The summed E-state index contributed by atoms with van der Waals surface area (Å²) in [6.07, 6.45) is 0. The molecule has 246 valence electrons. The lowest BCUT2D eigenvalue weighted by Crippen LogP contribution is -2.42. The van der Waals surface area contributed by atoms with Gasteiger partial charge in [0.2, 0.25) is 0 Å². The number of benzene rings is 7. The molecule has 1 nitrogen and oxygen atoms in total. The normalized spacial score (nSPS) is 18.2. The molecule has 0 amide bonds. The molecule has 0 fully saturated rings. The predicted molar refractivity (Wildman–Crippen MR) is 220 cm³/mol. The zero-order chi connectivity index (χ0) is 34.7. The fraction of sp³-hybridized carbons (Fsp3) is 0.125. The minimum Gasteiger partial charge on any atom is -0.310 e. The third-order valence-corrected chi connectivity index (χ3v) is 16.8. The summed E-state index contributed by atoms with van der Waals surface area (Å²) in [5, 5.41) is 3.87. The molecule has 7 aromatic rings. The van der Waals surface area contributed by atoms with Gasteiger partial charge in [0.1, 0.15) is 0 Å². The Labute approximate surface area is 306 Å². The quantitative estimate of drug-likeness (QED) is 0.166. The molecule has 0 saturated carbocycles. The van der Waals surface area contributed by atoms with Crippen molar-refractivity contribution in [3.63, 3.8) is 0 Å². The molecule has 0 aromatic heterocycles. The lowest BCUT2D eigenvalue weighted by Gasteiger charge is -2.46. The fourth-order valence-electron chi connectivity index (χ4n) is 9.56. The third-order valence-electron chi connectivity index (χ3n) is 11.8. The minimum atomic E-state index is -2.31. The Morgan fingerprint density at radius 1 is 0.471 bits per heavy atom. The van der Waals surface area contributed by atoms with Gasteiger partial charge in [0.15, 0.2) is 0 Å². The molecule has 0 bridgehead atoms. The minimum absolute atomic E-state index is 0.231. The Hall–Kier alpha value is -5.01. The van der Waals surface area contributed by atoms with Crippen molar-refractivity contribution in [3.8, 4) is 11.1 Å². The van der Waals surface area contributed by atoms with Gasteiger partial charge in [-0.25, -0.2) is 0 Å². The van der Waals surface area contributed by atoms with Crippen LogP contribution in [0.15, 0.2) is 158 Å². The van der Waals surface area contributed by atoms with Crippen molar-refractivity contribution < 1.29 is 0 Å². The van der Waals surface area contributed by atoms with Crippen LogP contribution in [0, 0.1) is 13.8 Å². The van der Waals surface area contributed by atoms with Crippen LogP contribution in [0.2, 0.25) is 0 Å². The molecule has 0 radical (unpaired) electrons. The van der Waals surface area contributed by atoms with Gasteiger partial charge in [-0.15, -0.1) is 0 Å². The van der Waals surface area contributed by atoms with Gasteiger partial charge in [0, 0.05) is 17.1 Å². The van der Waals surface area contributed by atoms with E-state index in [1.165, 1.54) is 88.6 Å². The largest absolute Gasteiger partial charge is 0.310 e. The van der Waals surface area contributed by atoms with Crippen LogP contribution < -0.4 is 20.8 Å². The van der Waals surface area contributed by atoms with E-state index in [9.17, 15) is 0 Å². The average Bonchev–Trinajstić information content (AvgIpc) is 3.46. The van der Waals surface area contributed by atoms with E-state index in [1.54, 1.807) is 0 Å². The lowest BCUT2D eigenvalue weighted by molar-refractivity contribution is 0.647. The second-order valence-electron chi connectivity index (χ2n) is 15.0.